The maximum Gasteiger partial charge on any atom is 0.238 e. The Morgan fingerprint density at radius 1 is 1.35 bits per heavy atom. The Bertz CT molecular complexity index is 628. The predicted octanol–water partition coefficient (Wildman–Crippen LogP) is 1.13. The van der Waals surface area contributed by atoms with Crippen molar-refractivity contribution in [2.45, 2.75) is 38.6 Å². The van der Waals surface area contributed by atoms with Gasteiger partial charge in [-0.15, -0.1) is 0 Å². The normalized spacial score (nSPS) is 18.9. The van der Waals surface area contributed by atoms with Crippen LogP contribution in [0.15, 0.2) is 24.3 Å². The third kappa shape index (κ3) is 4.68. The minimum atomic E-state index is -3.33. The molecule has 1 unspecified atom stereocenters. The van der Waals surface area contributed by atoms with Crippen LogP contribution in [0.3, 0.4) is 0 Å². The molecular formula is C16H25N3O3S. The topological polar surface area (TPSA) is 92.5 Å². The molecule has 1 saturated heterocycles. The first-order chi connectivity index (χ1) is 10.9. The van der Waals surface area contributed by atoms with Gasteiger partial charge in [0.1, 0.15) is 6.04 Å². The minimum Gasteiger partial charge on any atom is -0.399 e. The Labute approximate surface area is 138 Å². The summed E-state index contributed by atoms with van der Waals surface area (Å²) in [7, 11) is -3.33. The van der Waals surface area contributed by atoms with E-state index in [-0.39, 0.29) is 11.7 Å². The molecule has 0 aromatic heterocycles. The number of benzene rings is 1. The van der Waals surface area contributed by atoms with Gasteiger partial charge in [-0.25, -0.2) is 8.42 Å². The van der Waals surface area contributed by atoms with Crippen molar-refractivity contribution in [1.29, 1.82) is 0 Å². The third-order valence-corrected chi connectivity index (χ3v) is 6.09. The Morgan fingerprint density at radius 2 is 2.04 bits per heavy atom. The number of carbonyl (C=O) groups is 1. The molecule has 2 rings (SSSR count). The summed E-state index contributed by atoms with van der Waals surface area (Å²) in [5.41, 5.74) is 7.43. The van der Waals surface area contributed by atoms with Gasteiger partial charge in [-0.05, 0) is 43.4 Å². The molecule has 0 bridgehead atoms. The molecule has 1 aliphatic rings. The van der Waals surface area contributed by atoms with Crippen LogP contribution < -0.4 is 11.1 Å². The van der Waals surface area contributed by atoms with Crippen LogP contribution in [0.2, 0.25) is 0 Å². The standard InChI is InChI=1S/C16H25N3O3S/c1-2-12-23(21,22)19-11-3-4-15(19)16(20)18-10-9-13-5-7-14(17)8-6-13/h5-8,15H,2-4,9-12,17H2,1H3,(H,18,20). The van der Waals surface area contributed by atoms with Crippen LogP contribution in [0.4, 0.5) is 5.69 Å². The van der Waals surface area contributed by atoms with E-state index in [1.54, 1.807) is 0 Å². The SMILES string of the molecule is CCCS(=O)(=O)N1CCCC1C(=O)NCCc1ccc(N)cc1. The van der Waals surface area contributed by atoms with Crippen molar-refractivity contribution in [2.24, 2.45) is 0 Å². The smallest absolute Gasteiger partial charge is 0.238 e. The van der Waals surface area contributed by atoms with Gasteiger partial charge < -0.3 is 11.1 Å². The van der Waals surface area contributed by atoms with Crippen LogP contribution in [0.25, 0.3) is 0 Å². The van der Waals surface area contributed by atoms with Crippen molar-refractivity contribution in [2.75, 3.05) is 24.6 Å². The zero-order valence-electron chi connectivity index (χ0n) is 13.5. The van der Waals surface area contributed by atoms with Gasteiger partial charge in [-0.1, -0.05) is 19.1 Å². The third-order valence-electron chi connectivity index (χ3n) is 4.02. The summed E-state index contributed by atoms with van der Waals surface area (Å²) >= 11 is 0. The van der Waals surface area contributed by atoms with E-state index in [9.17, 15) is 13.2 Å². The van der Waals surface area contributed by atoms with E-state index in [1.807, 2.05) is 31.2 Å². The average Bonchev–Trinajstić information content (AvgIpc) is 2.99. The Balaban J connectivity index is 1.88. The largest absolute Gasteiger partial charge is 0.399 e. The molecule has 0 radical (unpaired) electrons. The molecule has 6 nitrogen and oxygen atoms in total. The maximum absolute atomic E-state index is 12.3. The van der Waals surface area contributed by atoms with Gasteiger partial charge in [0, 0.05) is 18.8 Å². The molecule has 1 amide bonds. The molecule has 3 N–H and O–H groups in total. The Morgan fingerprint density at radius 3 is 2.70 bits per heavy atom. The van der Waals surface area contributed by atoms with E-state index in [0.29, 0.717) is 38.0 Å². The van der Waals surface area contributed by atoms with Gasteiger partial charge in [0.2, 0.25) is 15.9 Å². The van der Waals surface area contributed by atoms with Gasteiger partial charge in [0.05, 0.1) is 5.75 Å². The molecule has 0 spiro atoms. The molecule has 1 aromatic carbocycles. The molecule has 1 atom stereocenters. The van der Waals surface area contributed by atoms with Crippen LogP contribution in [0.5, 0.6) is 0 Å². The van der Waals surface area contributed by atoms with Crippen molar-refractivity contribution in [3.05, 3.63) is 29.8 Å². The molecule has 1 fully saturated rings. The number of carbonyl (C=O) groups excluding carboxylic acids is 1. The van der Waals surface area contributed by atoms with Crippen LogP contribution >= 0.6 is 0 Å². The highest BCUT2D eigenvalue weighted by Crippen LogP contribution is 2.22. The molecule has 0 saturated carbocycles. The Hall–Kier alpha value is -1.60. The monoisotopic (exact) mass is 339 g/mol. The summed E-state index contributed by atoms with van der Waals surface area (Å²) in [6, 6.07) is 6.95. The van der Waals surface area contributed by atoms with Gasteiger partial charge in [-0.3, -0.25) is 4.79 Å². The minimum absolute atomic E-state index is 0.0994. The highest BCUT2D eigenvalue weighted by Gasteiger charge is 2.37. The van der Waals surface area contributed by atoms with E-state index in [1.165, 1.54) is 4.31 Å². The van der Waals surface area contributed by atoms with E-state index >= 15 is 0 Å². The van der Waals surface area contributed by atoms with E-state index in [2.05, 4.69) is 5.32 Å². The van der Waals surface area contributed by atoms with Crippen LogP contribution in [-0.4, -0.2) is 43.5 Å². The lowest BCUT2D eigenvalue weighted by Crippen LogP contribution is -2.46. The number of nitrogens with zero attached hydrogens (tertiary/aromatic N) is 1. The molecular weight excluding hydrogens is 314 g/mol. The zero-order valence-corrected chi connectivity index (χ0v) is 14.3. The fourth-order valence-corrected chi connectivity index (χ4v) is 4.59. The molecule has 7 heteroatoms. The average molecular weight is 339 g/mol. The van der Waals surface area contributed by atoms with Crippen molar-refractivity contribution in [1.82, 2.24) is 9.62 Å². The van der Waals surface area contributed by atoms with Crippen molar-refractivity contribution >= 4 is 21.6 Å². The van der Waals surface area contributed by atoms with Crippen LogP contribution in [0.1, 0.15) is 31.7 Å². The fraction of sp³-hybridized carbons (Fsp3) is 0.562. The summed E-state index contributed by atoms with van der Waals surface area (Å²) in [5.74, 6) is -0.0972. The van der Waals surface area contributed by atoms with Crippen molar-refractivity contribution in [3.63, 3.8) is 0 Å². The highest BCUT2D eigenvalue weighted by atomic mass is 32.2. The van der Waals surface area contributed by atoms with Gasteiger partial charge >= 0.3 is 0 Å². The maximum atomic E-state index is 12.3. The van der Waals surface area contributed by atoms with Crippen LogP contribution in [-0.2, 0) is 21.2 Å². The first kappa shape index (κ1) is 17.7. The number of nitrogen functional groups attached to an aromatic ring is 1. The lowest BCUT2D eigenvalue weighted by atomic mass is 10.1. The quantitative estimate of drug-likeness (QED) is 0.729. The highest BCUT2D eigenvalue weighted by molar-refractivity contribution is 7.89. The number of rotatable bonds is 7. The summed E-state index contributed by atoms with van der Waals surface area (Å²) in [6.45, 7) is 2.76. The van der Waals surface area contributed by atoms with Crippen LogP contribution in [0, 0.1) is 0 Å². The fourth-order valence-electron chi connectivity index (χ4n) is 2.84. The number of nitrogens with two attached hydrogens (primary N) is 1. The number of hydrogen-bond acceptors (Lipinski definition) is 4. The lowest BCUT2D eigenvalue weighted by molar-refractivity contribution is -0.124. The number of nitrogens with one attached hydrogen (secondary N) is 1. The number of hydrogen-bond donors (Lipinski definition) is 2. The molecule has 1 heterocycles. The number of amides is 1. The van der Waals surface area contributed by atoms with E-state index in [4.69, 9.17) is 5.73 Å². The van der Waals surface area contributed by atoms with E-state index < -0.39 is 16.1 Å². The summed E-state index contributed by atoms with van der Waals surface area (Å²) < 4.78 is 25.8. The van der Waals surface area contributed by atoms with Crippen molar-refractivity contribution < 1.29 is 13.2 Å². The molecule has 1 aliphatic heterocycles. The van der Waals surface area contributed by atoms with E-state index in [0.717, 1.165) is 12.0 Å². The molecule has 23 heavy (non-hydrogen) atoms. The summed E-state index contributed by atoms with van der Waals surface area (Å²) in [6.07, 6.45) is 2.58. The molecule has 128 valence electrons. The predicted molar refractivity (Wildman–Crippen MR) is 91.4 cm³/mol. The zero-order chi connectivity index (χ0) is 16.9. The second kappa shape index (κ2) is 7.79. The first-order valence-electron chi connectivity index (χ1n) is 8.05. The second-order valence-electron chi connectivity index (χ2n) is 5.87. The van der Waals surface area contributed by atoms with Gasteiger partial charge in [0.15, 0.2) is 0 Å². The van der Waals surface area contributed by atoms with Gasteiger partial charge in [0.25, 0.3) is 0 Å². The summed E-state index contributed by atoms with van der Waals surface area (Å²) in [4.78, 5) is 12.3. The first-order valence-corrected chi connectivity index (χ1v) is 9.66. The molecule has 1 aromatic rings. The van der Waals surface area contributed by atoms with Crippen molar-refractivity contribution in [3.8, 4) is 0 Å². The molecule has 0 aliphatic carbocycles. The number of anilines is 1. The van der Waals surface area contributed by atoms with Gasteiger partial charge in [-0.2, -0.15) is 4.31 Å². The second-order valence-corrected chi connectivity index (χ2v) is 7.91. The summed E-state index contributed by atoms with van der Waals surface area (Å²) in [5, 5.41) is 2.86. The Kier molecular flexibility index (Phi) is 6.01. The number of sulfonamides is 1. The lowest BCUT2D eigenvalue weighted by Gasteiger charge is -2.23.